The molecule has 0 bridgehead atoms. The van der Waals surface area contributed by atoms with Crippen molar-refractivity contribution in [1.29, 1.82) is 0 Å². The summed E-state index contributed by atoms with van der Waals surface area (Å²) >= 11 is 0. The number of carbonyl (C=O) groups excluding carboxylic acids is 1. The second kappa shape index (κ2) is 7.59. The smallest absolute Gasteiger partial charge is 0.242 e. The van der Waals surface area contributed by atoms with Gasteiger partial charge >= 0.3 is 0 Å². The van der Waals surface area contributed by atoms with E-state index in [-0.39, 0.29) is 11.9 Å². The Morgan fingerprint density at radius 1 is 1.38 bits per heavy atom. The molecule has 1 aliphatic heterocycles. The van der Waals surface area contributed by atoms with Crippen LogP contribution in [0.25, 0.3) is 0 Å². The quantitative estimate of drug-likeness (QED) is 0.877. The van der Waals surface area contributed by atoms with Crippen LogP contribution in [-0.4, -0.2) is 39.7 Å². The summed E-state index contributed by atoms with van der Waals surface area (Å²) in [5, 5.41) is 7.45. The van der Waals surface area contributed by atoms with Gasteiger partial charge in [-0.1, -0.05) is 19.8 Å². The highest BCUT2D eigenvalue weighted by molar-refractivity contribution is 5.94. The van der Waals surface area contributed by atoms with E-state index in [9.17, 15) is 4.79 Å². The lowest BCUT2D eigenvalue weighted by Crippen LogP contribution is -2.44. The molecular formula is C16H28N4O. The number of aryl methyl sites for hydroxylation is 2. The zero-order valence-corrected chi connectivity index (χ0v) is 13.6. The van der Waals surface area contributed by atoms with Gasteiger partial charge in [0.15, 0.2) is 0 Å². The molecule has 1 aliphatic rings. The van der Waals surface area contributed by atoms with Gasteiger partial charge in [0.1, 0.15) is 5.82 Å². The van der Waals surface area contributed by atoms with Crippen molar-refractivity contribution in [2.45, 2.75) is 65.5 Å². The molecule has 1 fully saturated rings. The molecule has 0 saturated carbocycles. The van der Waals surface area contributed by atoms with Crippen LogP contribution in [0.15, 0.2) is 6.20 Å². The van der Waals surface area contributed by atoms with Crippen LogP contribution in [0.2, 0.25) is 0 Å². The number of likely N-dealkylation sites (tertiary alicyclic amines) is 1. The summed E-state index contributed by atoms with van der Waals surface area (Å²) in [7, 11) is 0. The third kappa shape index (κ3) is 4.06. The Labute approximate surface area is 127 Å². The number of aromatic nitrogens is 2. The van der Waals surface area contributed by atoms with E-state index in [4.69, 9.17) is 0 Å². The minimum absolute atomic E-state index is 0.0702. The zero-order chi connectivity index (χ0) is 15.2. The van der Waals surface area contributed by atoms with Crippen LogP contribution >= 0.6 is 0 Å². The summed E-state index contributed by atoms with van der Waals surface area (Å²) in [4.78, 5) is 14.8. The summed E-state index contributed by atoms with van der Waals surface area (Å²) in [5.41, 5.74) is 1.03. The molecule has 1 N–H and O–H groups in total. The lowest BCUT2D eigenvalue weighted by Gasteiger charge is -2.31. The number of piperidine rings is 1. The SMILES string of the molecule is CCCCn1ncc(C)c1NC(=O)C(C)N1CCCCC1. The first-order valence-electron chi connectivity index (χ1n) is 8.20. The van der Waals surface area contributed by atoms with E-state index in [1.807, 2.05) is 24.7 Å². The van der Waals surface area contributed by atoms with Crippen LogP contribution in [0, 0.1) is 6.92 Å². The largest absolute Gasteiger partial charge is 0.309 e. The fraction of sp³-hybridized carbons (Fsp3) is 0.750. The average Bonchev–Trinajstić information content (AvgIpc) is 2.86. The molecule has 1 aromatic rings. The molecule has 2 rings (SSSR count). The molecule has 5 nitrogen and oxygen atoms in total. The lowest BCUT2D eigenvalue weighted by atomic mass is 10.1. The van der Waals surface area contributed by atoms with Crippen LogP contribution in [0.1, 0.15) is 51.5 Å². The van der Waals surface area contributed by atoms with Gasteiger partial charge in [-0.3, -0.25) is 9.69 Å². The van der Waals surface area contributed by atoms with Gasteiger partial charge in [0.25, 0.3) is 0 Å². The summed E-state index contributed by atoms with van der Waals surface area (Å²) in [6.07, 6.45) is 7.71. The van der Waals surface area contributed by atoms with E-state index in [1.54, 1.807) is 0 Å². The third-order valence-electron chi connectivity index (χ3n) is 4.31. The number of hydrogen-bond donors (Lipinski definition) is 1. The molecule has 0 spiro atoms. The standard InChI is InChI=1S/C16H28N4O/c1-4-5-11-20-15(13(2)12-17-20)18-16(21)14(3)19-9-7-6-8-10-19/h12,14H,4-11H2,1-3H3,(H,18,21). The Balaban J connectivity index is 1.99. The highest BCUT2D eigenvalue weighted by atomic mass is 16.2. The van der Waals surface area contributed by atoms with Crippen LogP contribution in [0.5, 0.6) is 0 Å². The van der Waals surface area contributed by atoms with E-state index in [2.05, 4.69) is 22.2 Å². The van der Waals surface area contributed by atoms with E-state index < -0.39 is 0 Å². The first kappa shape index (κ1) is 16.0. The maximum atomic E-state index is 12.5. The summed E-state index contributed by atoms with van der Waals surface area (Å²) < 4.78 is 1.92. The Morgan fingerprint density at radius 2 is 2.10 bits per heavy atom. The topological polar surface area (TPSA) is 50.2 Å². The molecule has 118 valence electrons. The summed E-state index contributed by atoms with van der Waals surface area (Å²) in [6, 6.07) is -0.0702. The van der Waals surface area contributed by atoms with Gasteiger partial charge in [-0.2, -0.15) is 5.10 Å². The Hall–Kier alpha value is -1.36. The Morgan fingerprint density at radius 3 is 2.76 bits per heavy atom. The maximum absolute atomic E-state index is 12.5. The maximum Gasteiger partial charge on any atom is 0.242 e. The highest BCUT2D eigenvalue weighted by Gasteiger charge is 2.24. The molecule has 0 aliphatic carbocycles. The predicted octanol–water partition coefficient (Wildman–Crippen LogP) is 2.80. The monoisotopic (exact) mass is 292 g/mol. The summed E-state index contributed by atoms with van der Waals surface area (Å²) in [5.74, 6) is 0.940. The van der Waals surface area contributed by atoms with Gasteiger partial charge in [0.05, 0.1) is 12.2 Å². The molecule has 0 radical (unpaired) electrons. The minimum Gasteiger partial charge on any atom is -0.309 e. The Kier molecular flexibility index (Phi) is 5.79. The van der Waals surface area contributed by atoms with Crippen molar-refractivity contribution in [3.05, 3.63) is 11.8 Å². The number of anilines is 1. The first-order valence-corrected chi connectivity index (χ1v) is 8.20. The van der Waals surface area contributed by atoms with E-state index in [0.717, 1.165) is 43.9 Å². The van der Waals surface area contributed by atoms with E-state index in [0.29, 0.717) is 0 Å². The highest BCUT2D eigenvalue weighted by Crippen LogP contribution is 2.17. The van der Waals surface area contributed by atoms with Gasteiger partial charge in [-0.15, -0.1) is 0 Å². The average molecular weight is 292 g/mol. The van der Waals surface area contributed by atoms with E-state index in [1.165, 1.54) is 19.3 Å². The van der Waals surface area contributed by atoms with E-state index >= 15 is 0 Å². The number of hydrogen-bond acceptors (Lipinski definition) is 3. The fourth-order valence-corrected chi connectivity index (χ4v) is 2.81. The van der Waals surface area contributed by atoms with Crippen molar-refractivity contribution < 1.29 is 4.79 Å². The predicted molar refractivity (Wildman–Crippen MR) is 85.4 cm³/mol. The molecule has 1 unspecified atom stereocenters. The van der Waals surface area contributed by atoms with Crippen molar-refractivity contribution in [3.63, 3.8) is 0 Å². The number of carbonyl (C=O) groups is 1. The van der Waals surface area contributed by atoms with Crippen LogP contribution < -0.4 is 5.32 Å². The van der Waals surface area contributed by atoms with Gasteiger partial charge in [0, 0.05) is 12.1 Å². The second-order valence-corrected chi connectivity index (χ2v) is 6.01. The molecule has 21 heavy (non-hydrogen) atoms. The van der Waals surface area contributed by atoms with Crippen LogP contribution in [0.4, 0.5) is 5.82 Å². The molecule has 1 atom stereocenters. The van der Waals surface area contributed by atoms with Crippen LogP contribution in [-0.2, 0) is 11.3 Å². The normalized spacial score (nSPS) is 17.7. The van der Waals surface area contributed by atoms with Crippen molar-refractivity contribution in [2.75, 3.05) is 18.4 Å². The number of nitrogens with one attached hydrogen (secondary N) is 1. The van der Waals surface area contributed by atoms with Crippen molar-refractivity contribution in [1.82, 2.24) is 14.7 Å². The number of unbranched alkanes of at least 4 members (excludes halogenated alkanes) is 1. The zero-order valence-electron chi connectivity index (χ0n) is 13.6. The van der Waals surface area contributed by atoms with Gasteiger partial charge in [0.2, 0.25) is 5.91 Å². The second-order valence-electron chi connectivity index (χ2n) is 6.01. The first-order chi connectivity index (χ1) is 10.1. The number of rotatable bonds is 6. The Bertz CT molecular complexity index is 463. The number of amides is 1. The molecule has 2 heterocycles. The van der Waals surface area contributed by atoms with Gasteiger partial charge in [-0.05, 0) is 46.2 Å². The van der Waals surface area contributed by atoms with Crippen molar-refractivity contribution in [3.8, 4) is 0 Å². The number of nitrogens with zero attached hydrogens (tertiary/aromatic N) is 3. The molecule has 0 aromatic carbocycles. The molecule has 1 saturated heterocycles. The van der Waals surface area contributed by atoms with Gasteiger partial charge < -0.3 is 5.32 Å². The molecule has 5 heteroatoms. The molecular weight excluding hydrogens is 264 g/mol. The molecule has 1 aromatic heterocycles. The lowest BCUT2D eigenvalue weighted by molar-refractivity contribution is -0.121. The fourth-order valence-electron chi connectivity index (χ4n) is 2.81. The van der Waals surface area contributed by atoms with Crippen molar-refractivity contribution in [2.24, 2.45) is 0 Å². The third-order valence-corrected chi connectivity index (χ3v) is 4.31. The van der Waals surface area contributed by atoms with Crippen LogP contribution in [0.3, 0.4) is 0 Å². The van der Waals surface area contributed by atoms with Crippen molar-refractivity contribution >= 4 is 11.7 Å². The summed E-state index contributed by atoms with van der Waals surface area (Å²) in [6.45, 7) is 9.08. The van der Waals surface area contributed by atoms with Gasteiger partial charge in [-0.25, -0.2) is 4.68 Å². The minimum atomic E-state index is -0.0702. The molecule has 1 amide bonds.